The molecule has 3 aromatic carbocycles. The summed E-state index contributed by atoms with van der Waals surface area (Å²) in [7, 11) is 7.43. The van der Waals surface area contributed by atoms with Gasteiger partial charge in [-0.3, -0.25) is 4.79 Å². The Balaban J connectivity index is 1.36. The molecule has 0 spiro atoms. The number of carbonyl (C=O) groups excluding carboxylic acids is 2. The molecule has 2 atom stereocenters. The van der Waals surface area contributed by atoms with Gasteiger partial charge >= 0.3 is 6.03 Å². The zero-order valence-corrected chi connectivity index (χ0v) is 30.3. The van der Waals surface area contributed by atoms with Crippen LogP contribution in [0.5, 0.6) is 11.5 Å². The maximum atomic E-state index is 14.0. The van der Waals surface area contributed by atoms with Crippen molar-refractivity contribution in [3.63, 3.8) is 0 Å². The number of ether oxygens (including phenoxy) is 2. The van der Waals surface area contributed by atoms with E-state index >= 15 is 0 Å². The number of urea groups is 1. The first-order valence-electron chi connectivity index (χ1n) is 17.3. The van der Waals surface area contributed by atoms with E-state index in [0.29, 0.717) is 28.5 Å². The number of methoxy groups -OCH3 is 1. The van der Waals surface area contributed by atoms with Crippen LogP contribution in [0.25, 0.3) is 0 Å². The molecule has 0 aromatic heterocycles. The van der Waals surface area contributed by atoms with Gasteiger partial charge in [-0.25, -0.2) is 4.79 Å². The van der Waals surface area contributed by atoms with Crippen molar-refractivity contribution in [3.8, 4) is 11.5 Å². The third kappa shape index (κ3) is 7.70. The molecule has 0 N–H and O–H groups in total. The van der Waals surface area contributed by atoms with Crippen molar-refractivity contribution in [2.24, 2.45) is 5.92 Å². The van der Waals surface area contributed by atoms with Gasteiger partial charge in [0.2, 0.25) is 5.91 Å². The van der Waals surface area contributed by atoms with E-state index in [1.807, 2.05) is 67.2 Å². The normalized spacial score (nSPS) is 19.7. The van der Waals surface area contributed by atoms with E-state index in [9.17, 15) is 9.59 Å². The van der Waals surface area contributed by atoms with Crippen LogP contribution in [-0.2, 0) is 11.2 Å². The van der Waals surface area contributed by atoms with Gasteiger partial charge in [0, 0.05) is 56.7 Å². The highest BCUT2D eigenvalue weighted by Crippen LogP contribution is 2.44. The van der Waals surface area contributed by atoms with Gasteiger partial charge in [-0.15, -0.1) is 0 Å². The molecule has 3 amide bonds. The first-order valence-corrected chi connectivity index (χ1v) is 17.7. The van der Waals surface area contributed by atoms with Crippen molar-refractivity contribution in [1.82, 2.24) is 9.80 Å². The fourth-order valence-electron chi connectivity index (χ4n) is 7.18. The summed E-state index contributed by atoms with van der Waals surface area (Å²) in [5.74, 6) is 1.90. The summed E-state index contributed by atoms with van der Waals surface area (Å²) in [5.41, 5.74) is 4.87. The molecule has 0 saturated heterocycles. The van der Waals surface area contributed by atoms with Crippen molar-refractivity contribution >= 4 is 34.9 Å². The van der Waals surface area contributed by atoms with E-state index in [2.05, 4.69) is 50.1 Å². The average Bonchev–Trinajstić information content (AvgIpc) is 3.09. The summed E-state index contributed by atoms with van der Waals surface area (Å²) in [6.45, 7) is 7.89. The molecule has 1 fully saturated rings. The Kier molecular flexibility index (Phi) is 11.5. The largest absolute Gasteiger partial charge is 0.493 e. The van der Waals surface area contributed by atoms with Crippen LogP contribution in [0.4, 0.5) is 16.2 Å². The molecular formula is C39H51ClN4O4. The Morgan fingerprint density at radius 2 is 1.62 bits per heavy atom. The minimum absolute atomic E-state index is 0.0186. The molecule has 1 aliphatic carbocycles. The SMILES string of the molecule is CC[C@@H](C)Oc1cc2c(cc1OC)CC(=O)N(c1ccc(N(C)C[C@H]3CC[C@H](N(CC)C(=O)N(C)C)CC3)cc1)C2c1ccc(Cl)cc1. The zero-order valence-electron chi connectivity index (χ0n) is 29.5. The average molecular weight is 675 g/mol. The summed E-state index contributed by atoms with van der Waals surface area (Å²) in [6, 6.07) is 20.1. The minimum Gasteiger partial charge on any atom is -0.493 e. The third-order valence-corrected chi connectivity index (χ3v) is 10.3. The van der Waals surface area contributed by atoms with Gasteiger partial charge in [0.25, 0.3) is 0 Å². The maximum absolute atomic E-state index is 14.0. The second-order valence-corrected chi connectivity index (χ2v) is 13.9. The molecule has 2 aliphatic rings. The molecule has 1 aliphatic heterocycles. The quantitative estimate of drug-likeness (QED) is 0.205. The molecule has 0 bridgehead atoms. The number of carbonyl (C=O) groups is 2. The first kappa shape index (κ1) is 35.4. The summed E-state index contributed by atoms with van der Waals surface area (Å²) >= 11 is 6.30. The van der Waals surface area contributed by atoms with Crippen LogP contribution >= 0.6 is 11.6 Å². The number of hydrogen-bond acceptors (Lipinski definition) is 5. The number of rotatable bonds is 11. The lowest BCUT2D eigenvalue weighted by Crippen LogP contribution is -2.47. The van der Waals surface area contributed by atoms with Gasteiger partial charge in [0.05, 0.1) is 25.7 Å². The van der Waals surface area contributed by atoms with E-state index in [1.165, 1.54) is 0 Å². The number of amides is 3. The molecule has 3 aromatic rings. The predicted molar refractivity (Wildman–Crippen MR) is 195 cm³/mol. The topological polar surface area (TPSA) is 65.6 Å². The van der Waals surface area contributed by atoms with Gasteiger partial charge in [-0.05, 0) is 117 Å². The molecule has 9 heteroatoms. The number of anilines is 2. The Labute approximate surface area is 291 Å². The lowest BCUT2D eigenvalue weighted by molar-refractivity contribution is -0.118. The van der Waals surface area contributed by atoms with Gasteiger partial charge < -0.3 is 29.1 Å². The second kappa shape index (κ2) is 15.5. The van der Waals surface area contributed by atoms with Crippen molar-refractivity contribution in [1.29, 1.82) is 0 Å². The molecule has 1 saturated carbocycles. The van der Waals surface area contributed by atoms with E-state index in [1.54, 1.807) is 12.0 Å². The van der Waals surface area contributed by atoms with Crippen LogP contribution in [0, 0.1) is 5.92 Å². The Morgan fingerprint density at radius 1 is 0.958 bits per heavy atom. The second-order valence-electron chi connectivity index (χ2n) is 13.5. The van der Waals surface area contributed by atoms with Crippen LogP contribution in [0.3, 0.4) is 0 Å². The fraction of sp³-hybridized carbons (Fsp3) is 0.487. The number of nitrogens with zero attached hydrogens (tertiary/aromatic N) is 4. The molecular weight excluding hydrogens is 624 g/mol. The van der Waals surface area contributed by atoms with Crippen LogP contribution < -0.4 is 19.3 Å². The predicted octanol–water partition coefficient (Wildman–Crippen LogP) is 8.20. The van der Waals surface area contributed by atoms with E-state index in [0.717, 1.165) is 73.3 Å². The number of benzene rings is 3. The molecule has 258 valence electrons. The Bertz CT molecular complexity index is 1550. The molecule has 5 rings (SSSR count). The fourth-order valence-corrected chi connectivity index (χ4v) is 7.31. The summed E-state index contributed by atoms with van der Waals surface area (Å²) in [5, 5.41) is 0.647. The number of fused-ring (bicyclic) bond motifs is 1. The van der Waals surface area contributed by atoms with Crippen LogP contribution in [0.15, 0.2) is 60.7 Å². The van der Waals surface area contributed by atoms with Crippen molar-refractivity contribution < 1.29 is 19.1 Å². The first-order chi connectivity index (χ1) is 23.0. The Morgan fingerprint density at radius 3 is 2.21 bits per heavy atom. The zero-order chi connectivity index (χ0) is 34.5. The summed E-state index contributed by atoms with van der Waals surface area (Å²) < 4.78 is 12.0. The smallest absolute Gasteiger partial charge is 0.319 e. The van der Waals surface area contributed by atoms with E-state index < -0.39 is 0 Å². The van der Waals surface area contributed by atoms with Gasteiger partial charge in [-0.1, -0.05) is 30.7 Å². The van der Waals surface area contributed by atoms with Crippen LogP contribution in [0.1, 0.15) is 75.6 Å². The highest BCUT2D eigenvalue weighted by Gasteiger charge is 2.36. The Hall–Kier alpha value is -3.91. The molecule has 8 nitrogen and oxygen atoms in total. The van der Waals surface area contributed by atoms with Crippen molar-refractivity contribution in [2.75, 3.05) is 51.1 Å². The van der Waals surface area contributed by atoms with Gasteiger partial charge in [0.1, 0.15) is 0 Å². The maximum Gasteiger partial charge on any atom is 0.319 e. The monoisotopic (exact) mass is 674 g/mol. The molecule has 1 unspecified atom stereocenters. The highest BCUT2D eigenvalue weighted by atomic mass is 35.5. The van der Waals surface area contributed by atoms with E-state index in [-0.39, 0.29) is 30.5 Å². The van der Waals surface area contributed by atoms with Gasteiger partial charge in [-0.2, -0.15) is 0 Å². The minimum atomic E-state index is -0.357. The van der Waals surface area contributed by atoms with Crippen LogP contribution in [0.2, 0.25) is 5.02 Å². The standard InChI is InChI=1S/C39H51ClN4O4/c1-8-26(3)48-36-24-34-29(22-35(36)47-7)23-37(45)44(38(34)28-12-14-30(40)15-13-28)33-20-18-31(19-21-33)42(6)25-27-10-16-32(17-11-27)43(9-2)39(46)41(4)5/h12-15,18-22,24,26-27,32,38H,8-11,16-17,23,25H2,1-7H3/t26-,27-,32-,38?/m1/s1. The molecule has 0 radical (unpaired) electrons. The third-order valence-electron chi connectivity index (χ3n) is 10.0. The molecule has 1 heterocycles. The highest BCUT2D eigenvalue weighted by molar-refractivity contribution is 6.30. The lowest BCUT2D eigenvalue weighted by atomic mass is 9.85. The van der Waals surface area contributed by atoms with Gasteiger partial charge in [0.15, 0.2) is 11.5 Å². The number of hydrogen-bond donors (Lipinski definition) is 0. The van der Waals surface area contributed by atoms with E-state index in [4.69, 9.17) is 21.1 Å². The summed E-state index contributed by atoms with van der Waals surface area (Å²) in [6.07, 6.45) is 5.41. The summed E-state index contributed by atoms with van der Waals surface area (Å²) in [4.78, 5) is 34.5. The van der Waals surface area contributed by atoms with Crippen molar-refractivity contribution in [2.45, 2.75) is 77.5 Å². The lowest BCUT2D eigenvalue weighted by Gasteiger charge is -2.39. The van der Waals surface area contributed by atoms with Crippen molar-refractivity contribution in [3.05, 3.63) is 82.4 Å². The molecule has 48 heavy (non-hydrogen) atoms. The number of halogens is 1. The van der Waals surface area contributed by atoms with Crippen LogP contribution in [-0.4, -0.2) is 75.2 Å².